The lowest BCUT2D eigenvalue weighted by molar-refractivity contribution is -1.19. The van der Waals surface area contributed by atoms with Crippen molar-refractivity contribution in [3.05, 3.63) is 0 Å². The number of halogens is 4. The van der Waals surface area contributed by atoms with Gasteiger partial charge in [0.25, 0.3) is 0 Å². The SMILES string of the molecule is O=C(O[N+]1(F)CCCC1)C(F)(F)F. The molecule has 1 rings (SSSR count). The van der Waals surface area contributed by atoms with Crippen molar-refractivity contribution < 1.29 is 32.2 Å². The molecule has 1 heterocycles. The molecule has 0 amide bonds. The number of carbonyl (C=O) groups excluding carboxylic acids is 1. The summed E-state index contributed by atoms with van der Waals surface area (Å²) in [6.07, 6.45) is -4.29. The largest absolute Gasteiger partial charge is 0.497 e. The van der Waals surface area contributed by atoms with Crippen LogP contribution in [0.2, 0.25) is 0 Å². The number of alkyl halides is 3. The molecule has 0 aromatic carbocycles. The third-order valence-electron chi connectivity index (χ3n) is 1.71. The van der Waals surface area contributed by atoms with Gasteiger partial charge in [0.2, 0.25) is 0 Å². The monoisotopic (exact) mass is 202 g/mol. The van der Waals surface area contributed by atoms with Crippen LogP contribution >= 0.6 is 0 Å². The maximum atomic E-state index is 13.1. The number of quaternary nitrogens is 1. The zero-order chi connectivity index (χ0) is 10.1. The van der Waals surface area contributed by atoms with Crippen molar-refractivity contribution in [3.8, 4) is 0 Å². The van der Waals surface area contributed by atoms with Crippen LogP contribution in [0.3, 0.4) is 0 Å². The zero-order valence-electron chi connectivity index (χ0n) is 6.60. The van der Waals surface area contributed by atoms with E-state index in [-0.39, 0.29) is 13.1 Å². The Morgan fingerprint density at radius 3 is 2.08 bits per heavy atom. The molecule has 1 saturated heterocycles. The highest BCUT2D eigenvalue weighted by Crippen LogP contribution is 2.25. The minimum absolute atomic E-state index is 0.207. The first-order valence-electron chi connectivity index (χ1n) is 3.71. The topological polar surface area (TPSA) is 26.3 Å². The van der Waals surface area contributed by atoms with E-state index >= 15 is 0 Å². The van der Waals surface area contributed by atoms with E-state index in [0.717, 1.165) is 0 Å². The second-order valence-corrected chi connectivity index (χ2v) is 2.82. The lowest BCUT2D eigenvalue weighted by Crippen LogP contribution is -2.42. The molecule has 1 fully saturated rings. The summed E-state index contributed by atoms with van der Waals surface area (Å²) in [7, 11) is 0. The molecule has 0 bridgehead atoms. The Morgan fingerprint density at radius 2 is 1.69 bits per heavy atom. The summed E-state index contributed by atoms with van der Waals surface area (Å²) in [6, 6.07) is 0. The van der Waals surface area contributed by atoms with Crippen LogP contribution < -0.4 is 0 Å². The fourth-order valence-corrected chi connectivity index (χ4v) is 1.10. The maximum Gasteiger partial charge on any atom is 0.497 e. The molecule has 76 valence electrons. The van der Waals surface area contributed by atoms with E-state index in [1.54, 1.807) is 0 Å². The van der Waals surface area contributed by atoms with Gasteiger partial charge in [0.05, 0.1) is 4.87 Å². The number of rotatable bonds is 1. The van der Waals surface area contributed by atoms with Crippen LogP contribution in [0.5, 0.6) is 0 Å². The first-order valence-corrected chi connectivity index (χ1v) is 3.71. The molecule has 0 atom stereocenters. The number of nitrogens with zero attached hydrogens (tertiary/aromatic N) is 1. The summed E-state index contributed by atoms with van der Waals surface area (Å²) in [6.45, 7) is -0.413. The molecule has 0 spiro atoms. The van der Waals surface area contributed by atoms with Crippen LogP contribution in [0.15, 0.2) is 0 Å². The van der Waals surface area contributed by atoms with Crippen molar-refractivity contribution in [3.63, 3.8) is 0 Å². The highest BCUT2D eigenvalue weighted by molar-refractivity contribution is 5.74. The average Bonchev–Trinajstić information content (AvgIpc) is 2.33. The van der Waals surface area contributed by atoms with Gasteiger partial charge in [-0.1, -0.05) is 0 Å². The van der Waals surface area contributed by atoms with Crippen molar-refractivity contribution in [2.24, 2.45) is 0 Å². The summed E-state index contributed by atoms with van der Waals surface area (Å²) >= 11 is 0. The molecule has 0 aliphatic carbocycles. The van der Waals surface area contributed by atoms with E-state index in [0.29, 0.717) is 12.8 Å². The lowest BCUT2D eigenvalue weighted by Gasteiger charge is -2.17. The van der Waals surface area contributed by atoms with Gasteiger partial charge in [-0.2, -0.15) is 13.2 Å². The molecule has 1 aliphatic rings. The van der Waals surface area contributed by atoms with Gasteiger partial charge >= 0.3 is 12.1 Å². The van der Waals surface area contributed by atoms with Crippen molar-refractivity contribution in [1.29, 1.82) is 0 Å². The fraction of sp³-hybridized carbons (Fsp3) is 0.833. The average molecular weight is 202 g/mol. The van der Waals surface area contributed by atoms with Crippen molar-refractivity contribution in [2.45, 2.75) is 19.0 Å². The second-order valence-electron chi connectivity index (χ2n) is 2.82. The van der Waals surface area contributed by atoms with Gasteiger partial charge in [-0.05, 0) is 0 Å². The molecular weight excluding hydrogens is 194 g/mol. The number of hydrogen-bond donors (Lipinski definition) is 0. The van der Waals surface area contributed by atoms with Gasteiger partial charge in [-0.3, -0.25) is 0 Å². The molecule has 0 radical (unpaired) electrons. The Morgan fingerprint density at radius 1 is 1.23 bits per heavy atom. The molecule has 0 unspecified atom stereocenters. The van der Waals surface area contributed by atoms with Gasteiger partial charge in [0.1, 0.15) is 0 Å². The molecule has 0 aromatic rings. The first-order chi connectivity index (χ1) is 5.83. The molecular formula is C6H8F4NO2+. The summed E-state index contributed by atoms with van der Waals surface area (Å²) in [5, 5.41) is 0. The smallest absolute Gasteiger partial charge is 0.234 e. The molecule has 1 aliphatic heterocycles. The number of hydrogen-bond acceptors (Lipinski definition) is 2. The standard InChI is InChI=1S/C6H8F4NO2/c7-6(8,9)5(12)13-11(10)3-1-2-4-11/h1-4H2/q+1. The van der Waals surface area contributed by atoms with Crippen molar-refractivity contribution >= 4 is 5.97 Å². The van der Waals surface area contributed by atoms with Gasteiger partial charge in [0, 0.05) is 17.3 Å². The molecule has 13 heavy (non-hydrogen) atoms. The maximum absolute atomic E-state index is 13.1. The number of hydroxylamine groups is 2. The van der Waals surface area contributed by atoms with E-state index in [2.05, 4.69) is 4.84 Å². The Hall–Kier alpha value is -0.850. The van der Waals surface area contributed by atoms with Crippen molar-refractivity contribution in [2.75, 3.05) is 13.1 Å². The van der Waals surface area contributed by atoms with Gasteiger partial charge in [-0.15, -0.1) is 0 Å². The molecule has 0 aromatic heterocycles. The number of carbonyl (C=O) groups is 1. The zero-order valence-corrected chi connectivity index (χ0v) is 6.60. The second kappa shape index (κ2) is 3.13. The van der Waals surface area contributed by atoms with Crippen LogP contribution in [0.4, 0.5) is 17.7 Å². The Kier molecular flexibility index (Phi) is 2.47. The van der Waals surface area contributed by atoms with E-state index in [9.17, 15) is 22.4 Å². The Bertz CT molecular complexity index is 209. The van der Waals surface area contributed by atoms with Crippen LogP contribution in [-0.4, -0.2) is 30.1 Å². The fourth-order valence-electron chi connectivity index (χ4n) is 1.10. The first kappa shape index (κ1) is 10.2. The highest BCUT2D eigenvalue weighted by Gasteiger charge is 2.50. The molecule has 3 nitrogen and oxygen atoms in total. The predicted octanol–water partition coefficient (Wildman–Crippen LogP) is 1.50. The predicted molar refractivity (Wildman–Crippen MR) is 32.5 cm³/mol. The van der Waals surface area contributed by atoms with Crippen LogP contribution in [0.25, 0.3) is 0 Å². The van der Waals surface area contributed by atoms with Crippen LogP contribution in [0.1, 0.15) is 12.8 Å². The van der Waals surface area contributed by atoms with Gasteiger partial charge < -0.3 is 0 Å². The lowest BCUT2D eigenvalue weighted by atomic mass is 10.4. The minimum atomic E-state index is -5.13. The van der Waals surface area contributed by atoms with E-state index in [4.69, 9.17) is 0 Å². The summed E-state index contributed by atoms with van der Waals surface area (Å²) in [5.74, 6) is -2.48. The Balaban J connectivity index is 2.53. The molecule has 0 saturated carbocycles. The van der Waals surface area contributed by atoms with E-state index in [1.807, 2.05) is 0 Å². The van der Waals surface area contributed by atoms with E-state index in [1.165, 1.54) is 0 Å². The quantitative estimate of drug-likeness (QED) is 0.475. The summed E-state index contributed by atoms with van der Waals surface area (Å²) in [4.78, 5) is 12.1. The van der Waals surface area contributed by atoms with Gasteiger partial charge in [-0.25, -0.2) is 9.63 Å². The normalized spacial score (nSPS) is 21.5. The third kappa shape index (κ3) is 2.55. The highest BCUT2D eigenvalue weighted by atomic mass is 19.4. The molecule has 0 N–H and O–H groups in total. The van der Waals surface area contributed by atoms with Crippen molar-refractivity contribution in [1.82, 2.24) is 0 Å². The summed E-state index contributed by atoms with van der Waals surface area (Å²) < 4.78 is 48.0. The van der Waals surface area contributed by atoms with Crippen LogP contribution in [0, 0.1) is 0 Å². The molecule has 7 heteroatoms. The summed E-state index contributed by atoms with van der Waals surface area (Å²) in [5.41, 5.74) is 0. The Labute approximate surface area is 71.4 Å². The van der Waals surface area contributed by atoms with E-state index < -0.39 is 17.0 Å². The minimum Gasteiger partial charge on any atom is -0.234 e. The van der Waals surface area contributed by atoms with Crippen LogP contribution in [-0.2, 0) is 9.63 Å². The van der Waals surface area contributed by atoms with Gasteiger partial charge in [0.15, 0.2) is 13.1 Å². The third-order valence-corrected chi connectivity index (χ3v) is 1.71.